The molecule has 1 heterocycles. The van der Waals surface area contributed by atoms with Crippen molar-refractivity contribution in [1.29, 1.82) is 0 Å². The summed E-state index contributed by atoms with van der Waals surface area (Å²) in [4.78, 5) is 2.63. The zero-order valence-corrected chi connectivity index (χ0v) is 11.2. The van der Waals surface area contributed by atoms with Crippen LogP contribution in [0, 0.1) is 5.92 Å². The minimum Gasteiger partial charge on any atom is -0.380 e. The van der Waals surface area contributed by atoms with Crippen LogP contribution >= 0.6 is 0 Å². The van der Waals surface area contributed by atoms with Gasteiger partial charge in [0.2, 0.25) is 0 Å². The predicted octanol–water partition coefficient (Wildman–Crippen LogP) is 1.73. The van der Waals surface area contributed by atoms with E-state index in [9.17, 15) is 0 Å². The second-order valence-corrected chi connectivity index (χ2v) is 4.96. The van der Waals surface area contributed by atoms with Gasteiger partial charge in [-0.15, -0.1) is 0 Å². The third-order valence-electron chi connectivity index (χ3n) is 3.33. The summed E-state index contributed by atoms with van der Waals surface area (Å²) in [5, 5.41) is 3.46. The fourth-order valence-electron chi connectivity index (χ4n) is 2.34. The van der Waals surface area contributed by atoms with Crippen molar-refractivity contribution >= 4 is 0 Å². The van der Waals surface area contributed by atoms with E-state index in [2.05, 4.69) is 31.0 Å². The summed E-state index contributed by atoms with van der Waals surface area (Å²) in [5.41, 5.74) is 0. The highest BCUT2D eigenvalue weighted by atomic mass is 16.5. The maximum absolute atomic E-state index is 5.62. The van der Waals surface area contributed by atoms with Crippen LogP contribution < -0.4 is 5.32 Å². The summed E-state index contributed by atoms with van der Waals surface area (Å²) < 4.78 is 5.62. The monoisotopic (exact) mass is 228 g/mol. The van der Waals surface area contributed by atoms with E-state index in [1.54, 1.807) is 0 Å². The number of nitrogens with one attached hydrogen (secondary N) is 1. The van der Waals surface area contributed by atoms with Gasteiger partial charge in [0.1, 0.15) is 0 Å². The molecule has 1 atom stereocenters. The second kappa shape index (κ2) is 8.04. The number of nitrogens with zero attached hydrogens (tertiary/aromatic N) is 1. The second-order valence-electron chi connectivity index (χ2n) is 4.96. The molecule has 0 amide bonds. The van der Waals surface area contributed by atoms with E-state index in [1.165, 1.54) is 25.9 Å². The van der Waals surface area contributed by atoms with E-state index in [-0.39, 0.29) is 0 Å². The molecule has 0 aromatic rings. The van der Waals surface area contributed by atoms with E-state index in [0.717, 1.165) is 26.3 Å². The quantitative estimate of drug-likeness (QED) is 0.775. The van der Waals surface area contributed by atoms with Crippen LogP contribution in [-0.4, -0.2) is 50.3 Å². The first-order valence-corrected chi connectivity index (χ1v) is 6.78. The van der Waals surface area contributed by atoms with Gasteiger partial charge >= 0.3 is 0 Å². The largest absolute Gasteiger partial charge is 0.380 e. The van der Waals surface area contributed by atoms with Crippen molar-refractivity contribution in [3.05, 3.63) is 0 Å². The van der Waals surface area contributed by atoms with Crippen LogP contribution in [0.1, 0.15) is 33.6 Å². The van der Waals surface area contributed by atoms with Crippen molar-refractivity contribution in [1.82, 2.24) is 10.2 Å². The molecule has 1 aliphatic rings. The molecule has 0 saturated carbocycles. The third kappa shape index (κ3) is 4.81. The van der Waals surface area contributed by atoms with Gasteiger partial charge in [-0.25, -0.2) is 0 Å². The summed E-state index contributed by atoms with van der Waals surface area (Å²) in [5.74, 6) is 0.680. The predicted molar refractivity (Wildman–Crippen MR) is 68.8 cm³/mol. The van der Waals surface area contributed by atoms with Crippen LogP contribution in [0.25, 0.3) is 0 Å². The first kappa shape index (κ1) is 13.9. The van der Waals surface area contributed by atoms with Crippen molar-refractivity contribution in [3.8, 4) is 0 Å². The molecule has 0 radical (unpaired) electrons. The molecule has 0 aromatic heterocycles. The molecular weight excluding hydrogens is 200 g/mol. The number of ether oxygens (including phenoxy) is 1. The Morgan fingerprint density at radius 1 is 1.19 bits per heavy atom. The van der Waals surface area contributed by atoms with Gasteiger partial charge in [0.05, 0.1) is 6.61 Å². The van der Waals surface area contributed by atoms with Gasteiger partial charge in [-0.3, -0.25) is 4.90 Å². The molecule has 1 N–H and O–H groups in total. The average Bonchev–Trinajstić information content (AvgIpc) is 2.20. The maximum atomic E-state index is 5.62. The first-order valence-electron chi connectivity index (χ1n) is 6.78. The van der Waals surface area contributed by atoms with Gasteiger partial charge in [-0.05, 0) is 51.9 Å². The van der Waals surface area contributed by atoms with Crippen molar-refractivity contribution in [3.63, 3.8) is 0 Å². The lowest BCUT2D eigenvalue weighted by atomic mass is 10.0. The van der Waals surface area contributed by atoms with Gasteiger partial charge < -0.3 is 10.1 Å². The Hall–Kier alpha value is -0.120. The Bertz CT molecular complexity index is 165. The van der Waals surface area contributed by atoms with E-state index in [0.29, 0.717) is 12.0 Å². The van der Waals surface area contributed by atoms with Crippen molar-refractivity contribution < 1.29 is 4.74 Å². The molecule has 0 spiro atoms. The lowest BCUT2D eigenvalue weighted by Crippen LogP contribution is -2.45. The molecule has 0 aromatic carbocycles. The molecule has 1 aliphatic heterocycles. The fraction of sp³-hybridized carbons (Fsp3) is 1.00. The molecule has 1 fully saturated rings. The molecule has 96 valence electrons. The van der Waals surface area contributed by atoms with Crippen molar-refractivity contribution in [2.45, 2.75) is 39.7 Å². The topological polar surface area (TPSA) is 24.5 Å². The molecule has 0 aliphatic carbocycles. The molecule has 3 heteroatoms. The average molecular weight is 228 g/mol. The SMILES string of the molecule is CCOCC(C(C)C)N1CCCNCCC1. The van der Waals surface area contributed by atoms with Crippen LogP contribution in [-0.2, 0) is 4.74 Å². The highest BCUT2D eigenvalue weighted by Crippen LogP contribution is 2.13. The minimum atomic E-state index is 0.595. The standard InChI is InChI=1S/C13H28N2O/c1-4-16-11-13(12(2)3)15-9-5-7-14-8-6-10-15/h12-14H,4-11H2,1-3H3. The van der Waals surface area contributed by atoms with E-state index < -0.39 is 0 Å². The normalized spacial score (nSPS) is 21.8. The molecule has 1 saturated heterocycles. The Morgan fingerprint density at radius 2 is 1.81 bits per heavy atom. The summed E-state index contributed by atoms with van der Waals surface area (Å²) in [7, 11) is 0. The summed E-state index contributed by atoms with van der Waals surface area (Å²) in [6.07, 6.45) is 2.52. The molecule has 0 bridgehead atoms. The molecule has 16 heavy (non-hydrogen) atoms. The number of hydrogen-bond donors (Lipinski definition) is 1. The Balaban J connectivity index is 2.45. The Kier molecular flexibility index (Phi) is 7.01. The summed E-state index contributed by atoms with van der Waals surface area (Å²) >= 11 is 0. The molecular formula is C13H28N2O. The highest BCUT2D eigenvalue weighted by molar-refractivity contribution is 4.76. The van der Waals surface area contributed by atoms with Gasteiger partial charge in [0.25, 0.3) is 0 Å². The van der Waals surface area contributed by atoms with E-state index in [4.69, 9.17) is 4.74 Å². The first-order chi connectivity index (χ1) is 7.75. The minimum absolute atomic E-state index is 0.595. The molecule has 3 nitrogen and oxygen atoms in total. The fourth-order valence-corrected chi connectivity index (χ4v) is 2.34. The smallest absolute Gasteiger partial charge is 0.0624 e. The van der Waals surface area contributed by atoms with Gasteiger partial charge in [0.15, 0.2) is 0 Å². The highest BCUT2D eigenvalue weighted by Gasteiger charge is 2.21. The Labute approximate surface area is 101 Å². The maximum Gasteiger partial charge on any atom is 0.0624 e. The van der Waals surface area contributed by atoms with Crippen molar-refractivity contribution in [2.75, 3.05) is 39.4 Å². The summed E-state index contributed by atoms with van der Waals surface area (Å²) in [6, 6.07) is 0.595. The van der Waals surface area contributed by atoms with Crippen LogP contribution in [0.15, 0.2) is 0 Å². The van der Waals surface area contributed by atoms with Crippen molar-refractivity contribution in [2.24, 2.45) is 5.92 Å². The van der Waals surface area contributed by atoms with Gasteiger partial charge in [0, 0.05) is 12.6 Å². The Morgan fingerprint density at radius 3 is 2.31 bits per heavy atom. The number of rotatable bonds is 5. The zero-order chi connectivity index (χ0) is 11.8. The van der Waals surface area contributed by atoms with Crippen LogP contribution in [0.5, 0.6) is 0 Å². The summed E-state index contributed by atoms with van der Waals surface area (Å²) in [6.45, 7) is 13.2. The van der Waals surface area contributed by atoms with Crippen LogP contribution in [0.3, 0.4) is 0 Å². The molecule has 1 rings (SSSR count). The van der Waals surface area contributed by atoms with Gasteiger partial charge in [-0.1, -0.05) is 13.8 Å². The van der Waals surface area contributed by atoms with E-state index >= 15 is 0 Å². The zero-order valence-electron chi connectivity index (χ0n) is 11.2. The van der Waals surface area contributed by atoms with E-state index in [1.807, 2.05) is 0 Å². The van der Waals surface area contributed by atoms with Crippen LogP contribution in [0.4, 0.5) is 0 Å². The molecule has 1 unspecified atom stereocenters. The third-order valence-corrected chi connectivity index (χ3v) is 3.33. The lowest BCUT2D eigenvalue weighted by Gasteiger charge is -2.35. The number of hydrogen-bond acceptors (Lipinski definition) is 3. The lowest BCUT2D eigenvalue weighted by molar-refractivity contribution is 0.0410. The van der Waals surface area contributed by atoms with Gasteiger partial charge in [-0.2, -0.15) is 0 Å². The van der Waals surface area contributed by atoms with Crippen LogP contribution in [0.2, 0.25) is 0 Å².